The van der Waals surface area contributed by atoms with Gasteiger partial charge in [0.2, 0.25) is 15.0 Å². The van der Waals surface area contributed by atoms with Crippen LogP contribution in [0.3, 0.4) is 0 Å². The molecule has 2 N–H and O–H groups in total. The summed E-state index contributed by atoms with van der Waals surface area (Å²) in [5.74, 6) is 0.275. The summed E-state index contributed by atoms with van der Waals surface area (Å²) in [5.41, 5.74) is 5.50. The fourth-order valence-corrected chi connectivity index (χ4v) is 1.30. The Balaban J connectivity index is 2.67. The second-order valence-electron chi connectivity index (χ2n) is 3.16. The SMILES string of the molecule is CS(=O)(=O)C(F)=CC(N)C1CC1. The van der Waals surface area contributed by atoms with Crippen LogP contribution in [0.4, 0.5) is 4.39 Å². The molecule has 12 heavy (non-hydrogen) atoms. The van der Waals surface area contributed by atoms with E-state index < -0.39 is 21.0 Å². The second kappa shape index (κ2) is 3.14. The molecule has 3 nitrogen and oxygen atoms in total. The molecular weight excluding hydrogens is 181 g/mol. The van der Waals surface area contributed by atoms with E-state index in [2.05, 4.69) is 0 Å². The highest BCUT2D eigenvalue weighted by Gasteiger charge is 2.28. The maximum Gasteiger partial charge on any atom is 0.211 e. The zero-order valence-corrected chi connectivity index (χ0v) is 7.64. The van der Waals surface area contributed by atoms with E-state index in [1.54, 1.807) is 0 Å². The molecule has 0 aromatic heterocycles. The first-order chi connectivity index (χ1) is 5.41. The Morgan fingerprint density at radius 3 is 2.50 bits per heavy atom. The lowest BCUT2D eigenvalue weighted by Gasteiger charge is -2.02. The zero-order chi connectivity index (χ0) is 9.35. The molecule has 0 amide bonds. The maximum absolute atomic E-state index is 12.7. The van der Waals surface area contributed by atoms with Gasteiger partial charge in [-0.15, -0.1) is 0 Å². The van der Waals surface area contributed by atoms with Gasteiger partial charge in [0.05, 0.1) is 0 Å². The second-order valence-corrected chi connectivity index (χ2v) is 5.09. The van der Waals surface area contributed by atoms with Gasteiger partial charge in [-0.3, -0.25) is 0 Å². The number of halogens is 1. The van der Waals surface area contributed by atoms with Gasteiger partial charge in [0.15, 0.2) is 0 Å². The lowest BCUT2D eigenvalue weighted by atomic mass is 10.2. The van der Waals surface area contributed by atoms with Crippen molar-refractivity contribution in [3.63, 3.8) is 0 Å². The Morgan fingerprint density at radius 2 is 2.17 bits per heavy atom. The highest BCUT2D eigenvalue weighted by Crippen LogP contribution is 2.32. The summed E-state index contributed by atoms with van der Waals surface area (Å²) in [6.45, 7) is 0. The molecule has 1 rings (SSSR count). The fraction of sp³-hybridized carbons (Fsp3) is 0.714. The summed E-state index contributed by atoms with van der Waals surface area (Å²) in [6, 6.07) is -0.445. The van der Waals surface area contributed by atoms with Crippen LogP contribution in [0.1, 0.15) is 12.8 Å². The van der Waals surface area contributed by atoms with Crippen molar-refractivity contribution in [1.29, 1.82) is 0 Å². The van der Waals surface area contributed by atoms with E-state index in [4.69, 9.17) is 5.73 Å². The zero-order valence-electron chi connectivity index (χ0n) is 6.83. The summed E-state index contributed by atoms with van der Waals surface area (Å²) in [4.78, 5) is 0. The van der Waals surface area contributed by atoms with Gasteiger partial charge in [-0.1, -0.05) is 0 Å². The average molecular weight is 193 g/mol. The van der Waals surface area contributed by atoms with Crippen molar-refractivity contribution in [2.24, 2.45) is 11.7 Å². The summed E-state index contributed by atoms with van der Waals surface area (Å²) in [5, 5.41) is -1.11. The minimum atomic E-state index is -3.69. The molecule has 0 saturated heterocycles. The number of nitrogens with two attached hydrogens (primary N) is 1. The highest BCUT2D eigenvalue weighted by atomic mass is 32.2. The van der Waals surface area contributed by atoms with Crippen LogP contribution >= 0.6 is 0 Å². The lowest BCUT2D eigenvalue weighted by molar-refractivity contribution is 0.576. The highest BCUT2D eigenvalue weighted by molar-refractivity contribution is 7.94. The molecule has 0 radical (unpaired) electrons. The van der Waals surface area contributed by atoms with Crippen LogP contribution in [0.15, 0.2) is 11.2 Å². The van der Waals surface area contributed by atoms with Crippen LogP contribution in [-0.4, -0.2) is 20.7 Å². The Hall–Kier alpha value is -0.420. The third-order valence-electron chi connectivity index (χ3n) is 1.84. The van der Waals surface area contributed by atoms with Crippen LogP contribution in [0, 0.1) is 5.92 Å². The largest absolute Gasteiger partial charge is 0.324 e. The first kappa shape index (κ1) is 9.67. The molecule has 1 unspecified atom stereocenters. The molecule has 1 saturated carbocycles. The molecule has 0 spiro atoms. The van der Waals surface area contributed by atoms with Crippen LogP contribution in [-0.2, 0) is 9.84 Å². The molecule has 1 atom stereocenters. The molecule has 0 aromatic carbocycles. The van der Waals surface area contributed by atoms with E-state index in [9.17, 15) is 12.8 Å². The third kappa shape index (κ3) is 2.57. The quantitative estimate of drug-likeness (QED) is 0.713. The molecule has 1 aliphatic carbocycles. The van der Waals surface area contributed by atoms with E-state index in [0.29, 0.717) is 0 Å². The van der Waals surface area contributed by atoms with Gasteiger partial charge >= 0.3 is 0 Å². The average Bonchev–Trinajstić information content (AvgIpc) is 2.65. The summed E-state index contributed by atoms with van der Waals surface area (Å²) >= 11 is 0. The molecule has 5 heteroatoms. The normalized spacial score (nSPS) is 22.4. The molecular formula is C7H12FNO2S. The summed E-state index contributed by atoms with van der Waals surface area (Å²) in [6.07, 6.45) is 3.76. The predicted molar refractivity (Wildman–Crippen MR) is 44.7 cm³/mol. The molecule has 70 valence electrons. The van der Waals surface area contributed by atoms with Gasteiger partial charge in [-0.05, 0) is 24.8 Å². The molecule has 1 fully saturated rings. The fourth-order valence-electron chi connectivity index (χ4n) is 0.892. The van der Waals surface area contributed by atoms with Crippen LogP contribution in [0.5, 0.6) is 0 Å². The Labute approximate surface area is 71.4 Å². The van der Waals surface area contributed by atoms with Gasteiger partial charge in [-0.25, -0.2) is 8.42 Å². The van der Waals surface area contributed by atoms with Gasteiger partial charge in [0, 0.05) is 12.3 Å². The van der Waals surface area contributed by atoms with Crippen molar-refractivity contribution in [2.45, 2.75) is 18.9 Å². The smallest absolute Gasteiger partial charge is 0.211 e. The standard InChI is InChI=1S/C7H12FNO2S/c1-12(10,11)7(8)4-6(9)5-2-3-5/h4-6H,2-3,9H2,1H3. The third-order valence-corrected chi connectivity index (χ3v) is 2.69. The van der Waals surface area contributed by atoms with E-state index in [1.807, 2.05) is 0 Å². The van der Waals surface area contributed by atoms with Gasteiger partial charge < -0.3 is 5.73 Å². The van der Waals surface area contributed by atoms with Crippen molar-refractivity contribution >= 4 is 9.84 Å². The van der Waals surface area contributed by atoms with Gasteiger partial charge in [-0.2, -0.15) is 4.39 Å². The first-order valence-corrected chi connectivity index (χ1v) is 5.63. The molecule has 0 heterocycles. The number of sulfone groups is 1. The van der Waals surface area contributed by atoms with Gasteiger partial charge in [0.25, 0.3) is 0 Å². The van der Waals surface area contributed by atoms with Gasteiger partial charge in [0.1, 0.15) is 0 Å². The van der Waals surface area contributed by atoms with Crippen LogP contribution < -0.4 is 5.73 Å². The topological polar surface area (TPSA) is 60.2 Å². The number of hydrogen-bond donors (Lipinski definition) is 1. The molecule has 0 bridgehead atoms. The summed E-state index contributed by atoms with van der Waals surface area (Å²) < 4.78 is 34.0. The Kier molecular flexibility index (Phi) is 2.53. The summed E-state index contributed by atoms with van der Waals surface area (Å²) in [7, 11) is -3.69. The minimum absolute atomic E-state index is 0.275. The van der Waals surface area contributed by atoms with Crippen molar-refractivity contribution in [3.8, 4) is 0 Å². The molecule has 0 aliphatic heterocycles. The van der Waals surface area contributed by atoms with Crippen LogP contribution in [0.25, 0.3) is 0 Å². The van der Waals surface area contributed by atoms with E-state index in [0.717, 1.165) is 25.2 Å². The van der Waals surface area contributed by atoms with E-state index in [1.165, 1.54) is 0 Å². The van der Waals surface area contributed by atoms with Crippen molar-refractivity contribution in [3.05, 3.63) is 11.2 Å². The monoisotopic (exact) mass is 193 g/mol. The van der Waals surface area contributed by atoms with Crippen molar-refractivity contribution in [2.75, 3.05) is 6.26 Å². The maximum atomic E-state index is 12.7. The Morgan fingerprint density at radius 1 is 1.67 bits per heavy atom. The van der Waals surface area contributed by atoms with Crippen molar-refractivity contribution < 1.29 is 12.8 Å². The van der Waals surface area contributed by atoms with E-state index in [-0.39, 0.29) is 5.92 Å². The number of hydrogen-bond acceptors (Lipinski definition) is 3. The minimum Gasteiger partial charge on any atom is -0.324 e. The predicted octanol–water partition coefficient (Wildman–Crippen LogP) is 0.579. The first-order valence-electron chi connectivity index (χ1n) is 3.74. The molecule has 0 aromatic rings. The van der Waals surface area contributed by atoms with Crippen LogP contribution in [0.2, 0.25) is 0 Å². The Bertz CT molecular complexity index is 293. The number of rotatable bonds is 3. The lowest BCUT2D eigenvalue weighted by Crippen LogP contribution is -2.20. The van der Waals surface area contributed by atoms with Crippen molar-refractivity contribution in [1.82, 2.24) is 0 Å². The molecule has 1 aliphatic rings. The van der Waals surface area contributed by atoms with E-state index >= 15 is 0 Å².